The van der Waals surface area contributed by atoms with Gasteiger partial charge in [0.05, 0.1) is 35.7 Å². The minimum Gasteiger partial charge on any atom is -0.361 e. The molecule has 6 nitrogen and oxygen atoms in total. The first-order chi connectivity index (χ1) is 16.4. The van der Waals surface area contributed by atoms with Crippen LogP contribution >= 0.6 is 0 Å². The molecule has 34 heavy (non-hydrogen) atoms. The number of fused-ring (bicyclic) bond motifs is 1. The molecule has 0 spiro atoms. The Morgan fingerprint density at radius 1 is 1.15 bits per heavy atom. The number of hydrogen-bond donors (Lipinski definition) is 1. The largest absolute Gasteiger partial charge is 0.361 e. The molecule has 1 N–H and O–H groups in total. The van der Waals surface area contributed by atoms with Crippen molar-refractivity contribution in [2.24, 2.45) is 4.99 Å². The number of rotatable bonds is 8. The van der Waals surface area contributed by atoms with E-state index in [1.165, 1.54) is 0 Å². The first kappa shape index (κ1) is 23.5. The molecule has 2 aliphatic rings. The summed E-state index contributed by atoms with van der Waals surface area (Å²) in [6, 6.07) is 21.0. The maximum Gasteiger partial charge on any atom is 0.152 e. The number of benzene rings is 2. The molecule has 2 aliphatic heterocycles. The monoisotopic (exact) mass is 467 g/mol. The van der Waals surface area contributed by atoms with Crippen molar-refractivity contribution in [3.63, 3.8) is 0 Å². The van der Waals surface area contributed by atoms with Crippen LogP contribution in [0.5, 0.6) is 0 Å². The lowest BCUT2D eigenvalue weighted by Gasteiger charge is -2.27. The molecule has 2 aromatic rings. The Morgan fingerprint density at radius 3 is 2.74 bits per heavy atom. The van der Waals surface area contributed by atoms with Gasteiger partial charge >= 0.3 is 0 Å². The Kier molecular flexibility index (Phi) is 6.97. The zero-order valence-corrected chi connectivity index (χ0v) is 20.8. The van der Waals surface area contributed by atoms with Crippen molar-refractivity contribution in [3.05, 3.63) is 88.6 Å². The summed E-state index contributed by atoms with van der Waals surface area (Å²) in [6.45, 7) is 8.31. The third-order valence-electron chi connectivity index (χ3n) is 6.02. The number of nitrogens with one attached hydrogen (secondary N) is 1. The Balaban J connectivity index is 1.56. The van der Waals surface area contributed by atoms with Gasteiger partial charge < -0.3 is 15.0 Å². The first-order valence-electron chi connectivity index (χ1n) is 11.4. The Hall–Kier alpha value is -3.65. The van der Waals surface area contributed by atoms with Crippen molar-refractivity contribution in [3.8, 4) is 12.1 Å². The number of nitrogens with zero attached hydrogens (tertiary/aromatic N) is 4. The van der Waals surface area contributed by atoms with E-state index in [-0.39, 0.29) is 6.17 Å². The van der Waals surface area contributed by atoms with E-state index in [2.05, 4.69) is 53.1 Å². The average molecular weight is 468 g/mol. The lowest BCUT2D eigenvalue weighted by Crippen LogP contribution is -2.34. The molecule has 2 unspecified atom stereocenters. The standard InChI is InChI=1S/C27H29N5OSi/c1-34(2,3)14-13-33-19-32-12-11-24-26(30-18-31-27(24)32)21-9-6-8-20(15-21)25(17-29)23-10-5-4-7-22(23)16-28/h4-12,15,18,25,27H,13-14,19H2,1-3H3,(H,30,31). The van der Waals surface area contributed by atoms with Crippen LogP contribution in [-0.2, 0) is 4.74 Å². The third-order valence-corrected chi connectivity index (χ3v) is 7.72. The summed E-state index contributed by atoms with van der Waals surface area (Å²) in [5.74, 6) is -0.523. The van der Waals surface area contributed by atoms with E-state index in [1.54, 1.807) is 12.4 Å². The molecule has 0 bridgehead atoms. The van der Waals surface area contributed by atoms with Crippen LogP contribution in [0.2, 0.25) is 25.7 Å². The molecule has 2 atom stereocenters. The zero-order valence-electron chi connectivity index (χ0n) is 19.8. The second-order valence-corrected chi connectivity index (χ2v) is 15.3. The third kappa shape index (κ3) is 5.12. The molecule has 0 amide bonds. The van der Waals surface area contributed by atoms with Crippen molar-refractivity contribution in [2.75, 3.05) is 13.3 Å². The quantitative estimate of drug-likeness (QED) is 0.435. The summed E-state index contributed by atoms with van der Waals surface area (Å²) in [6.07, 6.45) is 5.71. The molecule has 0 aliphatic carbocycles. The topological polar surface area (TPSA) is 84.4 Å². The van der Waals surface area contributed by atoms with E-state index in [4.69, 9.17) is 4.74 Å². The van der Waals surface area contributed by atoms with Crippen LogP contribution in [0.15, 0.2) is 71.4 Å². The normalized spacial score (nSPS) is 17.7. The van der Waals surface area contributed by atoms with Crippen LogP contribution in [0.1, 0.15) is 28.2 Å². The summed E-state index contributed by atoms with van der Waals surface area (Å²) in [7, 11) is -1.12. The fourth-order valence-corrected chi connectivity index (χ4v) is 4.87. The highest BCUT2D eigenvalue weighted by atomic mass is 28.3. The van der Waals surface area contributed by atoms with E-state index >= 15 is 0 Å². The molecule has 2 aromatic carbocycles. The maximum absolute atomic E-state index is 9.95. The molecule has 172 valence electrons. The van der Waals surface area contributed by atoms with Crippen molar-refractivity contribution >= 4 is 20.1 Å². The summed E-state index contributed by atoms with van der Waals surface area (Å²) >= 11 is 0. The summed E-state index contributed by atoms with van der Waals surface area (Å²) < 4.78 is 5.95. The molecular formula is C27H29N5OSi. The van der Waals surface area contributed by atoms with Crippen LogP contribution in [-0.4, -0.2) is 38.8 Å². The molecule has 0 saturated heterocycles. The van der Waals surface area contributed by atoms with Crippen molar-refractivity contribution in [1.82, 2.24) is 10.2 Å². The summed E-state index contributed by atoms with van der Waals surface area (Å²) in [5, 5.41) is 22.8. The van der Waals surface area contributed by atoms with Crippen LogP contribution < -0.4 is 5.32 Å². The van der Waals surface area contributed by atoms with Gasteiger partial charge in [-0.25, -0.2) is 4.99 Å². The van der Waals surface area contributed by atoms with Gasteiger partial charge in [0.2, 0.25) is 0 Å². The molecule has 7 heteroatoms. The molecule has 2 heterocycles. The van der Waals surface area contributed by atoms with E-state index in [1.807, 2.05) is 48.7 Å². The molecular weight excluding hydrogens is 438 g/mol. The molecule has 0 fully saturated rings. The van der Waals surface area contributed by atoms with Crippen molar-refractivity contribution in [1.29, 1.82) is 10.5 Å². The zero-order chi connectivity index (χ0) is 24.1. The fourth-order valence-electron chi connectivity index (χ4n) is 4.12. The highest BCUT2D eigenvalue weighted by Gasteiger charge is 2.29. The lowest BCUT2D eigenvalue weighted by molar-refractivity contribution is 0.0532. The summed E-state index contributed by atoms with van der Waals surface area (Å²) in [4.78, 5) is 6.73. The maximum atomic E-state index is 9.95. The predicted molar refractivity (Wildman–Crippen MR) is 137 cm³/mol. The van der Waals surface area contributed by atoms with Crippen LogP contribution in [0.4, 0.5) is 0 Å². The highest BCUT2D eigenvalue weighted by molar-refractivity contribution is 6.76. The van der Waals surface area contributed by atoms with Gasteiger partial charge in [-0.1, -0.05) is 56.0 Å². The summed E-state index contributed by atoms with van der Waals surface area (Å²) in [5.41, 5.74) is 5.11. The van der Waals surface area contributed by atoms with Crippen molar-refractivity contribution < 1.29 is 4.74 Å². The number of ether oxygens (including phenoxy) is 1. The SMILES string of the molecule is C[Si](C)(C)CCOCN1C=CC2=C(c3cccc(C(C#N)c4ccccc4C#N)c3)NC=NC21. The predicted octanol–water partition coefficient (Wildman–Crippen LogP) is 5.02. The van der Waals surface area contributed by atoms with Crippen LogP contribution in [0, 0.1) is 22.7 Å². The average Bonchev–Trinajstić information content (AvgIpc) is 3.25. The Bertz CT molecular complexity index is 1230. The smallest absolute Gasteiger partial charge is 0.152 e. The Morgan fingerprint density at radius 2 is 1.97 bits per heavy atom. The van der Waals surface area contributed by atoms with Gasteiger partial charge in [0, 0.05) is 26.5 Å². The number of aliphatic imine (C=N–C) groups is 1. The second kappa shape index (κ2) is 10.1. The number of hydrogen-bond acceptors (Lipinski definition) is 6. The lowest BCUT2D eigenvalue weighted by atomic mass is 9.88. The van der Waals surface area contributed by atoms with E-state index in [9.17, 15) is 10.5 Å². The van der Waals surface area contributed by atoms with Crippen LogP contribution in [0.3, 0.4) is 0 Å². The first-order valence-corrected chi connectivity index (χ1v) is 15.1. The van der Waals surface area contributed by atoms with Gasteiger partial charge in [0.25, 0.3) is 0 Å². The molecule has 4 rings (SSSR count). The van der Waals surface area contributed by atoms with E-state index < -0.39 is 14.0 Å². The van der Waals surface area contributed by atoms with Crippen molar-refractivity contribution in [2.45, 2.75) is 37.8 Å². The van der Waals surface area contributed by atoms with E-state index in [0.29, 0.717) is 12.3 Å². The highest BCUT2D eigenvalue weighted by Crippen LogP contribution is 2.33. The Labute approximate surface area is 202 Å². The van der Waals surface area contributed by atoms with Gasteiger partial charge in [0.1, 0.15) is 6.73 Å². The van der Waals surface area contributed by atoms with Gasteiger partial charge in [-0.3, -0.25) is 0 Å². The van der Waals surface area contributed by atoms with Gasteiger partial charge in [-0.05, 0) is 40.9 Å². The minimum atomic E-state index is -1.12. The van der Waals surface area contributed by atoms with Crippen LogP contribution in [0.25, 0.3) is 5.70 Å². The van der Waals surface area contributed by atoms with Gasteiger partial charge in [-0.15, -0.1) is 0 Å². The number of nitriles is 2. The molecule has 0 aromatic heterocycles. The van der Waals surface area contributed by atoms with Gasteiger partial charge in [-0.2, -0.15) is 10.5 Å². The van der Waals surface area contributed by atoms with E-state index in [0.717, 1.165) is 40.6 Å². The van der Waals surface area contributed by atoms with Gasteiger partial charge in [0.15, 0.2) is 6.17 Å². The fraction of sp³-hybridized carbons (Fsp3) is 0.296. The molecule has 0 radical (unpaired) electrons. The second-order valence-electron chi connectivity index (χ2n) is 9.69. The molecule has 0 saturated carbocycles. The minimum absolute atomic E-state index is 0.127.